The number of hydrogen-bond acceptors (Lipinski definition) is 3. The Morgan fingerprint density at radius 1 is 1.20 bits per heavy atom. The van der Waals surface area contributed by atoms with Gasteiger partial charge in [0, 0.05) is 25.8 Å². The zero-order chi connectivity index (χ0) is 14.5. The lowest BCUT2D eigenvalue weighted by molar-refractivity contribution is 0.0818. The van der Waals surface area contributed by atoms with Crippen LogP contribution in [0.15, 0.2) is 18.2 Å². The summed E-state index contributed by atoms with van der Waals surface area (Å²) in [6.45, 7) is 0. The minimum atomic E-state index is -0.0476. The molecule has 1 fully saturated rings. The third-order valence-electron chi connectivity index (χ3n) is 3.74. The third kappa shape index (κ3) is 3.65. The molecule has 0 aliphatic heterocycles. The first-order chi connectivity index (χ1) is 9.58. The molecule has 20 heavy (non-hydrogen) atoms. The first-order valence-electron chi connectivity index (χ1n) is 7.36. The molecule has 0 bridgehead atoms. The molecule has 0 atom stereocenters. The van der Waals surface area contributed by atoms with Crippen molar-refractivity contribution in [3.8, 4) is 5.75 Å². The second kappa shape index (κ2) is 6.64. The van der Waals surface area contributed by atoms with Gasteiger partial charge >= 0.3 is 0 Å². The van der Waals surface area contributed by atoms with Crippen molar-refractivity contribution in [3.05, 3.63) is 23.8 Å². The molecule has 0 unspecified atom stereocenters. The summed E-state index contributed by atoms with van der Waals surface area (Å²) < 4.78 is 6.09. The maximum atomic E-state index is 12.2. The van der Waals surface area contributed by atoms with Crippen LogP contribution in [0.4, 0.5) is 5.69 Å². The Morgan fingerprint density at radius 3 is 2.45 bits per heavy atom. The number of nitrogen functional groups attached to an aromatic ring is 1. The van der Waals surface area contributed by atoms with Crippen LogP contribution in [0.3, 0.4) is 0 Å². The molecule has 1 aromatic carbocycles. The standard InChI is InChI=1S/C16H24N2O2/c1-18(2)16(19)14-10-9-12(17)11-15(14)20-13-7-5-3-4-6-8-13/h9-11,13H,3-8,17H2,1-2H3. The Labute approximate surface area is 120 Å². The lowest BCUT2D eigenvalue weighted by atomic mass is 10.1. The quantitative estimate of drug-likeness (QED) is 0.682. The number of nitrogens with two attached hydrogens (primary N) is 1. The number of nitrogens with zero attached hydrogens (tertiary/aromatic N) is 1. The van der Waals surface area contributed by atoms with Gasteiger partial charge in [0.05, 0.1) is 11.7 Å². The van der Waals surface area contributed by atoms with E-state index < -0.39 is 0 Å². The van der Waals surface area contributed by atoms with Gasteiger partial charge in [-0.15, -0.1) is 0 Å². The number of hydrogen-bond donors (Lipinski definition) is 1. The Kier molecular flexibility index (Phi) is 4.88. The van der Waals surface area contributed by atoms with E-state index in [-0.39, 0.29) is 12.0 Å². The average Bonchev–Trinajstić information content (AvgIpc) is 2.67. The van der Waals surface area contributed by atoms with E-state index in [0.717, 1.165) is 12.8 Å². The Balaban J connectivity index is 2.20. The van der Waals surface area contributed by atoms with Crippen LogP contribution in [-0.4, -0.2) is 31.0 Å². The van der Waals surface area contributed by atoms with Crippen LogP contribution < -0.4 is 10.5 Å². The van der Waals surface area contributed by atoms with Crippen molar-refractivity contribution in [1.29, 1.82) is 0 Å². The van der Waals surface area contributed by atoms with Crippen molar-refractivity contribution >= 4 is 11.6 Å². The SMILES string of the molecule is CN(C)C(=O)c1ccc(N)cc1OC1CCCCCC1. The summed E-state index contributed by atoms with van der Waals surface area (Å²) in [5.41, 5.74) is 7.05. The molecule has 0 spiro atoms. The summed E-state index contributed by atoms with van der Waals surface area (Å²) in [6, 6.07) is 5.27. The number of carbonyl (C=O) groups is 1. The summed E-state index contributed by atoms with van der Waals surface area (Å²) in [4.78, 5) is 13.8. The van der Waals surface area contributed by atoms with Gasteiger partial charge in [-0.25, -0.2) is 0 Å². The van der Waals surface area contributed by atoms with Crippen molar-refractivity contribution in [2.75, 3.05) is 19.8 Å². The molecule has 2 rings (SSSR count). The van der Waals surface area contributed by atoms with E-state index >= 15 is 0 Å². The number of rotatable bonds is 3. The van der Waals surface area contributed by atoms with E-state index in [1.54, 1.807) is 37.2 Å². The van der Waals surface area contributed by atoms with Gasteiger partial charge in [0.15, 0.2) is 0 Å². The van der Waals surface area contributed by atoms with Crippen LogP contribution >= 0.6 is 0 Å². The fraction of sp³-hybridized carbons (Fsp3) is 0.562. The first kappa shape index (κ1) is 14.7. The zero-order valence-corrected chi connectivity index (χ0v) is 12.4. The average molecular weight is 276 g/mol. The van der Waals surface area contributed by atoms with Crippen LogP contribution in [0.25, 0.3) is 0 Å². The molecule has 0 saturated heterocycles. The van der Waals surface area contributed by atoms with Crippen LogP contribution in [-0.2, 0) is 0 Å². The second-order valence-electron chi connectivity index (χ2n) is 5.69. The van der Waals surface area contributed by atoms with Gasteiger partial charge in [-0.1, -0.05) is 12.8 Å². The molecular weight excluding hydrogens is 252 g/mol. The van der Waals surface area contributed by atoms with Gasteiger partial charge in [-0.05, 0) is 37.8 Å². The molecule has 0 radical (unpaired) electrons. The highest BCUT2D eigenvalue weighted by Crippen LogP contribution is 2.28. The number of ether oxygens (including phenoxy) is 1. The number of anilines is 1. The van der Waals surface area contributed by atoms with Gasteiger partial charge in [0.1, 0.15) is 5.75 Å². The predicted octanol–water partition coefficient (Wildman–Crippen LogP) is 3.07. The highest BCUT2D eigenvalue weighted by Gasteiger charge is 2.19. The maximum absolute atomic E-state index is 12.2. The van der Waals surface area contributed by atoms with E-state index in [9.17, 15) is 4.79 Å². The molecule has 0 aromatic heterocycles. The smallest absolute Gasteiger partial charge is 0.257 e. The summed E-state index contributed by atoms with van der Waals surface area (Å²) in [6.07, 6.45) is 7.27. The van der Waals surface area contributed by atoms with Crippen molar-refractivity contribution in [1.82, 2.24) is 4.90 Å². The molecule has 2 N–H and O–H groups in total. The van der Waals surface area contributed by atoms with Gasteiger partial charge in [0.2, 0.25) is 0 Å². The predicted molar refractivity (Wildman–Crippen MR) is 81.0 cm³/mol. The van der Waals surface area contributed by atoms with Crippen molar-refractivity contribution < 1.29 is 9.53 Å². The molecular formula is C16H24N2O2. The third-order valence-corrected chi connectivity index (χ3v) is 3.74. The zero-order valence-electron chi connectivity index (χ0n) is 12.4. The van der Waals surface area contributed by atoms with E-state index in [2.05, 4.69) is 0 Å². The molecule has 1 aromatic rings. The van der Waals surface area contributed by atoms with E-state index in [1.165, 1.54) is 25.7 Å². The number of carbonyl (C=O) groups excluding carboxylic acids is 1. The summed E-state index contributed by atoms with van der Waals surface area (Å²) in [7, 11) is 3.49. The molecule has 0 heterocycles. The van der Waals surface area contributed by atoms with Crippen molar-refractivity contribution in [2.24, 2.45) is 0 Å². The van der Waals surface area contributed by atoms with E-state index in [1.807, 2.05) is 0 Å². The summed E-state index contributed by atoms with van der Waals surface area (Å²) >= 11 is 0. The highest BCUT2D eigenvalue weighted by molar-refractivity contribution is 5.97. The minimum Gasteiger partial charge on any atom is -0.490 e. The lowest BCUT2D eigenvalue weighted by Gasteiger charge is -2.20. The molecule has 1 saturated carbocycles. The lowest BCUT2D eigenvalue weighted by Crippen LogP contribution is -2.24. The van der Waals surface area contributed by atoms with Crippen molar-refractivity contribution in [3.63, 3.8) is 0 Å². The normalized spacial score (nSPS) is 16.5. The van der Waals surface area contributed by atoms with Crippen LogP contribution in [0.2, 0.25) is 0 Å². The van der Waals surface area contributed by atoms with Gasteiger partial charge in [-0.2, -0.15) is 0 Å². The molecule has 4 nitrogen and oxygen atoms in total. The van der Waals surface area contributed by atoms with E-state index in [0.29, 0.717) is 17.0 Å². The van der Waals surface area contributed by atoms with Crippen molar-refractivity contribution in [2.45, 2.75) is 44.6 Å². The van der Waals surface area contributed by atoms with Gasteiger partial charge in [-0.3, -0.25) is 4.79 Å². The van der Waals surface area contributed by atoms with Crippen LogP contribution in [0.1, 0.15) is 48.9 Å². The monoisotopic (exact) mass is 276 g/mol. The van der Waals surface area contributed by atoms with Crippen LogP contribution in [0, 0.1) is 0 Å². The van der Waals surface area contributed by atoms with Gasteiger partial charge in [0.25, 0.3) is 5.91 Å². The second-order valence-corrected chi connectivity index (χ2v) is 5.69. The summed E-state index contributed by atoms with van der Waals surface area (Å²) in [5.74, 6) is 0.573. The highest BCUT2D eigenvalue weighted by atomic mass is 16.5. The minimum absolute atomic E-state index is 0.0476. The molecule has 1 aliphatic rings. The number of amides is 1. The van der Waals surface area contributed by atoms with E-state index in [4.69, 9.17) is 10.5 Å². The Hall–Kier alpha value is -1.71. The molecule has 4 heteroatoms. The Morgan fingerprint density at radius 2 is 1.85 bits per heavy atom. The Bertz CT molecular complexity index is 464. The largest absolute Gasteiger partial charge is 0.490 e. The topological polar surface area (TPSA) is 55.6 Å². The fourth-order valence-electron chi connectivity index (χ4n) is 2.59. The summed E-state index contributed by atoms with van der Waals surface area (Å²) in [5, 5.41) is 0. The molecule has 1 amide bonds. The maximum Gasteiger partial charge on any atom is 0.257 e. The number of benzene rings is 1. The molecule has 1 aliphatic carbocycles. The van der Waals surface area contributed by atoms with Gasteiger partial charge < -0.3 is 15.4 Å². The van der Waals surface area contributed by atoms with Crippen LogP contribution in [0.5, 0.6) is 5.75 Å². The first-order valence-corrected chi connectivity index (χ1v) is 7.36. The fourth-order valence-corrected chi connectivity index (χ4v) is 2.59. The molecule has 110 valence electrons.